The van der Waals surface area contributed by atoms with Gasteiger partial charge in [-0.3, -0.25) is 4.79 Å². The van der Waals surface area contributed by atoms with Crippen LogP contribution in [0, 0.1) is 6.92 Å². The van der Waals surface area contributed by atoms with E-state index in [1.807, 2.05) is 64.1 Å². The van der Waals surface area contributed by atoms with Gasteiger partial charge in [0.05, 0.1) is 19.9 Å². The van der Waals surface area contributed by atoms with Crippen molar-refractivity contribution in [3.05, 3.63) is 58.9 Å². The van der Waals surface area contributed by atoms with Crippen LogP contribution >= 0.6 is 0 Å². The maximum Gasteiger partial charge on any atom is 0.182 e. The molecule has 0 aliphatic rings. The van der Waals surface area contributed by atoms with E-state index in [1.165, 1.54) is 0 Å². The Morgan fingerprint density at radius 3 is 2.38 bits per heavy atom. The number of carbonyl (C=O) groups is 1. The first-order valence-corrected chi connectivity index (χ1v) is 8.59. The summed E-state index contributed by atoms with van der Waals surface area (Å²) in [7, 11) is 3.22. The lowest BCUT2D eigenvalue weighted by atomic mass is 10.1. The third-order valence-corrected chi connectivity index (χ3v) is 3.98. The molecule has 0 saturated heterocycles. The number of nitrogens with zero attached hydrogens (tertiary/aromatic N) is 2. The molecule has 0 aliphatic heterocycles. The Morgan fingerprint density at radius 1 is 1.12 bits per heavy atom. The number of carbonyl (C=O) groups excluding carboxylic acids is 1. The molecule has 0 radical (unpaired) electrons. The largest absolute Gasteiger partial charge is 0.493 e. The van der Waals surface area contributed by atoms with Crippen LogP contribution in [0.1, 0.15) is 48.9 Å². The summed E-state index contributed by atoms with van der Waals surface area (Å²) in [6.45, 7) is 7.84. The highest BCUT2D eigenvalue weighted by molar-refractivity contribution is 5.94. The molecule has 2 aromatic rings. The van der Waals surface area contributed by atoms with Crippen LogP contribution in [0.3, 0.4) is 0 Å². The van der Waals surface area contributed by atoms with Crippen LogP contribution in [0.2, 0.25) is 0 Å². The van der Waals surface area contributed by atoms with Gasteiger partial charge in [0.15, 0.2) is 17.3 Å². The zero-order valence-corrected chi connectivity index (χ0v) is 16.3. The second-order valence-corrected chi connectivity index (χ2v) is 6.23. The molecular formula is C21H26N2O3. The standard InChI is InChI=1S/C21H26N2O3/c1-7-19(24)17-12-15(4)23(22-17)18(10-8-14(2)3)16-9-11-20(25-5)21(13-16)26-6/h8-13H,7H2,1-6H3/b18-10-. The van der Waals surface area contributed by atoms with E-state index >= 15 is 0 Å². The van der Waals surface area contributed by atoms with Gasteiger partial charge in [0.25, 0.3) is 0 Å². The van der Waals surface area contributed by atoms with Crippen molar-refractivity contribution in [2.24, 2.45) is 0 Å². The fourth-order valence-corrected chi connectivity index (χ4v) is 2.57. The van der Waals surface area contributed by atoms with Crippen molar-refractivity contribution < 1.29 is 14.3 Å². The number of methoxy groups -OCH3 is 2. The number of Topliss-reactive ketones (excluding diaryl/α,β-unsaturated/α-hetero) is 1. The molecule has 0 amide bonds. The molecule has 0 N–H and O–H groups in total. The summed E-state index contributed by atoms with van der Waals surface area (Å²) in [6.07, 6.45) is 4.45. The van der Waals surface area contributed by atoms with Crippen LogP contribution in [0.5, 0.6) is 11.5 Å². The lowest BCUT2D eigenvalue weighted by Gasteiger charge is -2.13. The molecule has 26 heavy (non-hydrogen) atoms. The lowest BCUT2D eigenvalue weighted by Crippen LogP contribution is -2.06. The maximum atomic E-state index is 12.0. The molecule has 0 bridgehead atoms. The highest BCUT2D eigenvalue weighted by Crippen LogP contribution is 2.31. The topological polar surface area (TPSA) is 53.4 Å². The molecule has 5 heteroatoms. The highest BCUT2D eigenvalue weighted by atomic mass is 16.5. The van der Waals surface area contributed by atoms with Gasteiger partial charge in [-0.2, -0.15) is 5.10 Å². The number of rotatable bonds is 7. The summed E-state index contributed by atoms with van der Waals surface area (Å²) in [6, 6.07) is 7.55. The first-order valence-electron chi connectivity index (χ1n) is 8.59. The molecule has 1 heterocycles. The smallest absolute Gasteiger partial charge is 0.182 e. The molecule has 0 fully saturated rings. The van der Waals surface area contributed by atoms with Crippen LogP contribution in [0.25, 0.3) is 5.70 Å². The molecule has 0 aliphatic carbocycles. The third kappa shape index (κ3) is 4.23. The van der Waals surface area contributed by atoms with Crippen molar-refractivity contribution in [2.75, 3.05) is 14.2 Å². The van der Waals surface area contributed by atoms with Crippen molar-refractivity contribution in [1.29, 1.82) is 0 Å². The summed E-state index contributed by atoms with van der Waals surface area (Å²) < 4.78 is 12.5. The molecule has 0 atom stereocenters. The van der Waals surface area contributed by atoms with Gasteiger partial charge in [-0.25, -0.2) is 4.68 Å². The number of hydrogen-bond donors (Lipinski definition) is 0. The van der Waals surface area contributed by atoms with Gasteiger partial charge >= 0.3 is 0 Å². The zero-order valence-electron chi connectivity index (χ0n) is 16.3. The van der Waals surface area contributed by atoms with Crippen molar-refractivity contribution >= 4 is 11.5 Å². The van der Waals surface area contributed by atoms with E-state index < -0.39 is 0 Å². The van der Waals surface area contributed by atoms with Gasteiger partial charge in [-0.05, 0) is 51.1 Å². The zero-order chi connectivity index (χ0) is 19.3. The highest BCUT2D eigenvalue weighted by Gasteiger charge is 2.15. The minimum absolute atomic E-state index is 0.0284. The third-order valence-electron chi connectivity index (χ3n) is 3.98. The molecule has 2 rings (SSSR count). The van der Waals surface area contributed by atoms with Gasteiger partial charge in [-0.15, -0.1) is 0 Å². The van der Waals surface area contributed by atoms with E-state index in [4.69, 9.17) is 9.47 Å². The average molecular weight is 354 g/mol. The Bertz CT molecular complexity index is 856. The van der Waals surface area contributed by atoms with E-state index in [0.29, 0.717) is 23.6 Å². The predicted molar refractivity (Wildman–Crippen MR) is 104 cm³/mol. The number of allylic oxidation sites excluding steroid dienone is 3. The molecule has 0 spiro atoms. The van der Waals surface area contributed by atoms with E-state index in [1.54, 1.807) is 18.9 Å². The number of hydrogen-bond acceptors (Lipinski definition) is 4. The molecule has 1 aromatic heterocycles. The van der Waals surface area contributed by atoms with E-state index in [0.717, 1.165) is 22.5 Å². The molecule has 5 nitrogen and oxygen atoms in total. The van der Waals surface area contributed by atoms with Gasteiger partial charge < -0.3 is 9.47 Å². The molecular weight excluding hydrogens is 328 g/mol. The SMILES string of the molecule is CCC(=O)c1cc(C)n(/C(=C\C=C(C)C)c2ccc(OC)c(OC)c2)n1. The van der Waals surface area contributed by atoms with Crippen LogP contribution in [0.4, 0.5) is 0 Å². The predicted octanol–water partition coefficient (Wildman–Crippen LogP) is 4.66. The number of aromatic nitrogens is 2. The van der Waals surface area contributed by atoms with Crippen molar-refractivity contribution in [3.63, 3.8) is 0 Å². The summed E-state index contributed by atoms with van der Waals surface area (Å²) in [5.41, 5.74) is 4.32. The lowest BCUT2D eigenvalue weighted by molar-refractivity contribution is 0.0983. The molecule has 0 saturated carbocycles. The number of ether oxygens (including phenoxy) is 2. The second kappa shape index (κ2) is 8.52. The Balaban J connectivity index is 2.63. The molecule has 0 unspecified atom stereocenters. The minimum Gasteiger partial charge on any atom is -0.493 e. The van der Waals surface area contributed by atoms with E-state index in [-0.39, 0.29) is 5.78 Å². The number of benzene rings is 1. The first-order chi connectivity index (χ1) is 12.4. The molecule has 1 aromatic carbocycles. The monoisotopic (exact) mass is 354 g/mol. The van der Waals surface area contributed by atoms with Crippen molar-refractivity contribution in [1.82, 2.24) is 9.78 Å². The summed E-state index contributed by atoms with van der Waals surface area (Å²) >= 11 is 0. The quantitative estimate of drug-likeness (QED) is 0.536. The van der Waals surface area contributed by atoms with Crippen LogP contribution in [-0.2, 0) is 0 Å². The fourth-order valence-electron chi connectivity index (χ4n) is 2.57. The van der Waals surface area contributed by atoms with Crippen LogP contribution in [-0.4, -0.2) is 29.8 Å². The minimum atomic E-state index is 0.0284. The van der Waals surface area contributed by atoms with E-state index in [9.17, 15) is 4.79 Å². The Hall–Kier alpha value is -2.82. The number of aryl methyl sites for hydroxylation is 1. The number of ketones is 1. The van der Waals surface area contributed by atoms with Gasteiger partial charge in [0.2, 0.25) is 0 Å². The first kappa shape index (κ1) is 19.5. The van der Waals surface area contributed by atoms with Gasteiger partial charge in [-0.1, -0.05) is 18.6 Å². The Labute approximate surface area is 154 Å². The Morgan fingerprint density at radius 2 is 1.81 bits per heavy atom. The average Bonchev–Trinajstić information content (AvgIpc) is 3.02. The summed E-state index contributed by atoms with van der Waals surface area (Å²) in [4.78, 5) is 12.0. The Kier molecular flexibility index (Phi) is 6.39. The second-order valence-electron chi connectivity index (χ2n) is 6.23. The fraction of sp³-hybridized carbons (Fsp3) is 0.333. The van der Waals surface area contributed by atoms with Gasteiger partial charge in [0, 0.05) is 17.7 Å². The summed E-state index contributed by atoms with van der Waals surface area (Å²) in [5, 5.41) is 4.53. The normalized spacial score (nSPS) is 11.2. The maximum absolute atomic E-state index is 12.0. The summed E-state index contributed by atoms with van der Waals surface area (Å²) in [5.74, 6) is 1.33. The van der Waals surface area contributed by atoms with Crippen LogP contribution in [0.15, 0.2) is 42.0 Å². The van der Waals surface area contributed by atoms with Crippen LogP contribution < -0.4 is 9.47 Å². The van der Waals surface area contributed by atoms with Gasteiger partial charge in [0.1, 0.15) is 5.69 Å². The van der Waals surface area contributed by atoms with Crippen molar-refractivity contribution in [2.45, 2.75) is 34.1 Å². The van der Waals surface area contributed by atoms with Crippen molar-refractivity contribution in [3.8, 4) is 11.5 Å². The molecule has 138 valence electrons. The van der Waals surface area contributed by atoms with E-state index in [2.05, 4.69) is 5.10 Å².